The van der Waals surface area contributed by atoms with Crippen LogP contribution in [0.1, 0.15) is 47.0 Å². The molecule has 0 radical (unpaired) electrons. The molecule has 78 valence electrons. The Morgan fingerprint density at radius 1 is 1.31 bits per heavy atom. The zero-order valence-electron chi connectivity index (χ0n) is 9.77. The quantitative estimate of drug-likeness (QED) is 0.606. The van der Waals surface area contributed by atoms with Crippen molar-refractivity contribution in [1.29, 1.82) is 0 Å². The molecule has 0 aromatic carbocycles. The predicted octanol–water partition coefficient (Wildman–Crippen LogP) is 3.46. The third-order valence-electron chi connectivity index (χ3n) is 2.32. The molecule has 1 heterocycles. The summed E-state index contributed by atoms with van der Waals surface area (Å²) in [6, 6.07) is 0. The summed E-state index contributed by atoms with van der Waals surface area (Å²) >= 11 is 0. The number of rotatable bonds is 3. The lowest BCUT2D eigenvalue weighted by atomic mass is 10.1. The summed E-state index contributed by atoms with van der Waals surface area (Å²) in [5.74, 6) is 0. The average Bonchev–Trinajstić information content (AvgIpc) is 2.22. The Kier molecular flexibility index (Phi) is 8.11. The Hall–Kier alpha value is -0.300. The zero-order valence-corrected chi connectivity index (χ0v) is 9.77. The van der Waals surface area contributed by atoms with Gasteiger partial charge in [-0.15, -0.1) is 0 Å². The van der Waals surface area contributed by atoms with E-state index >= 15 is 0 Å². The van der Waals surface area contributed by atoms with E-state index in [1.807, 2.05) is 13.8 Å². The summed E-state index contributed by atoms with van der Waals surface area (Å²) in [7, 11) is 0. The first-order valence-electron chi connectivity index (χ1n) is 5.77. The summed E-state index contributed by atoms with van der Waals surface area (Å²) in [5, 5.41) is 0. The summed E-state index contributed by atoms with van der Waals surface area (Å²) in [6.45, 7) is 12.2. The lowest BCUT2D eigenvalue weighted by Crippen LogP contribution is -2.29. The highest BCUT2D eigenvalue weighted by atomic mass is 15.1. The van der Waals surface area contributed by atoms with Crippen LogP contribution in [0.15, 0.2) is 11.6 Å². The fraction of sp³-hybridized carbons (Fsp3) is 0.833. The maximum atomic E-state index is 2.52. The highest BCUT2D eigenvalue weighted by Crippen LogP contribution is 2.13. The van der Waals surface area contributed by atoms with Crippen LogP contribution in [-0.2, 0) is 0 Å². The van der Waals surface area contributed by atoms with Gasteiger partial charge in [-0.05, 0) is 19.4 Å². The van der Waals surface area contributed by atoms with Crippen LogP contribution in [0.2, 0.25) is 0 Å². The monoisotopic (exact) mass is 183 g/mol. The highest BCUT2D eigenvalue weighted by Gasteiger charge is 2.08. The molecule has 0 aromatic rings. The Labute approximate surface area is 83.8 Å². The number of nitrogens with zero attached hydrogens (tertiary/aromatic N) is 1. The Bertz CT molecular complexity index is 138. The second kappa shape index (κ2) is 8.31. The second-order valence-corrected chi connectivity index (χ2v) is 3.27. The fourth-order valence-electron chi connectivity index (χ4n) is 1.65. The minimum absolute atomic E-state index is 1.21. The van der Waals surface area contributed by atoms with Crippen molar-refractivity contribution in [2.75, 3.05) is 19.6 Å². The van der Waals surface area contributed by atoms with Crippen LogP contribution in [-0.4, -0.2) is 24.5 Å². The summed E-state index contributed by atoms with van der Waals surface area (Å²) < 4.78 is 0. The predicted molar refractivity (Wildman–Crippen MR) is 61.1 cm³/mol. The van der Waals surface area contributed by atoms with Gasteiger partial charge in [0.1, 0.15) is 0 Å². The lowest BCUT2D eigenvalue weighted by Gasteiger charge is -2.25. The van der Waals surface area contributed by atoms with E-state index in [0.717, 1.165) is 0 Å². The average molecular weight is 183 g/mol. The number of hydrogen-bond donors (Lipinski definition) is 0. The van der Waals surface area contributed by atoms with Gasteiger partial charge in [-0.25, -0.2) is 0 Å². The molecule has 0 spiro atoms. The van der Waals surface area contributed by atoms with E-state index in [2.05, 4.69) is 24.8 Å². The lowest BCUT2D eigenvalue weighted by molar-refractivity contribution is 0.302. The molecule has 0 saturated carbocycles. The van der Waals surface area contributed by atoms with Crippen molar-refractivity contribution in [2.24, 2.45) is 0 Å². The van der Waals surface area contributed by atoms with Crippen LogP contribution in [0.5, 0.6) is 0 Å². The van der Waals surface area contributed by atoms with Gasteiger partial charge < -0.3 is 0 Å². The molecular weight excluding hydrogens is 158 g/mol. The van der Waals surface area contributed by atoms with Crippen LogP contribution in [0.4, 0.5) is 0 Å². The van der Waals surface area contributed by atoms with Crippen LogP contribution in [0.25, 0.3) is 0 Å². The van der Waals surface area contributed by atoms with Gasteiger partial charge in [0.15, 0.2) is 0 Å². The Morgan fingerprint density at radius 3 is 2.54 bits per heavy atom. The molecular formula is C12H25N. The highest BCUT2D eigenvalue weighted by molar-refractivity contribution is 5.07. The van der Waals surface area contributed by atoms with Crippen molar-refractivity contribution >= 4 is 0 Å². The van der Waals surface area contributed by atoms with Crippen LogP contribution in [0.3, 0.4) is 0 Å². The van der Waals surface area contributed by atoms with Gasteiger partial charge >= 0.3 is 0 Å². The van der Waals surface area contributed by atoms with Crippen molar-refractivity contribution in [3.63, 3.8) is 0 Å². The zero-order chi connectivity index (χ0) is 10.1. The molecule has 0 amide bonds. The van der Waals surface area contributed by atoms with Gasteiger partial charge in [0.05, 0.1) is 0 Å². The fourth-order valence-corrected chi connectivity index (χ4v) is 1.65. The third kappa shape index (κ3) is 5.09. The first-order valence-corrected chi connectivity index (χ1v) is 5.77. The summed E-state index contributed by atoms with van der Waals surface area (Å²) in [4.78, 5) is 2.52. The first kappa shape index (κ1) is 12.7. The molecule has 13 heavy (non-hydrogen) atoms. The van der Waals surface area contributed by atoms with Gasteiger partial charge in [-0.2, -0.15) is 0 Å². The molecule has 0 saturated heterocycles. The van der Waals surface area contributed by atoms with E-state index in [1.54, 1.807) is 5.57 Å². The van der Waals surface area contributed by atoms with E-state index < -0.39 is 0 Å². The summed E-state index contributed by atoms with van der Waals surface area (Å²) in [6.07, 6.45) is 6.29. The number of hydrogen-bond acceptors (Lipinski definition) is 1. The molecule has 0 N–H and O–H groups in total. The smallest absolute Gasteiger partial charge is 0.0192 e. The Morgan fingerprint density at radius 2 is 2.00 bits per heavy atom. The van der Waals surface area contributed by atoms with E-state index in [1.165, 1.54) is 38.9 Å². The molecule has 1 aliphatic rings. The van der Waals surface area contributed by atoms with Crippen molar-refractivity contribution < 1.29 is 0 Å². The van der Waals surface area contributed by atoms with Crippen LogP contribution in [0, 0.1) is 0 Å². The molecule has 0 aromatic heterocycles. The van der Waals surface area contributed by atoms with Crippen molar-refractivity contribution in [2.45, 2.75) is 47.0 Å². The molecule has 0 aliphatic carbocycles. The second-order valence-electron chi connectivity index (χ2n) is 3.27. The topological polar surface area (TPSA) is 3.24 Å². The normalized spacial score (nSPS) is 17.4. The molecule has 0 fully saturated rings. The van der Waals surface area contributed by atoms with Gasteiger partial charge in [0.25, 0.3) is 0 Å². The first-order chi connectivity index (χ1) is 6.36. The summed E-state index contributed by atoms with van der Waals surface area (Å²) in [5.41, 5.74) is 1.65. The van der Waals surface area contributed by atoms with E-state index in [0.29, 0.717) is 0 Å². The minimum atomic E-state index is 1.21. The maximum absolute atomic E-state index is 2.52. The largest absolute Gasteiger partial charge is 0.299 e. The van der Waals surface area contributed by atoms with Crippen LogP contribution >= 0.6 is 0 Å². The van der Waals surface area contributed by atoms with E-state index in [4.69, 9.17) is 0 Å². The van der Waals surface area contributed by atoms with Crippen LogP contribution < -0.4 is 0 Å². The standard InChI is InChI=1S/C10H19N.C2H6/c1-3-6-10-7-5-8-11(4-2)9-10;1-2/h7H,3-6,8-9H2,1-2H3;1-2H3. The van der Waals surface area contributed by atoms with Crippen molar-refractivity contribution in [1.82, 2.24) is 4.90 Å². The molecule has 0 unspecified atom stereocenters. The van der Waals surface area contributed by atoms with Gasteiger partial charge in [-0.3, -0.25) is 4.90 Å². The maximum Gasteiger partial charge on any atom is 0.0192 e. The van der Waals surface area contributed by atoms with Crippen molar-refractivity contribution in [3.05, 3.63) is 11.6 Å². The van der Waals surface area contributed by atoms with Gasteiger partial charge in [0, 0.05) is 13.1 Å². The van der Waals surface area contributed by atoms with E-state index in [9.17, 15) is 0 Å². The number of likely N-dealkylation sites (N-methyl/N-ethyl adjacent to an activating group) is 1. The van der Waals surface area contributed by atoms with E-state index in [-0.39, 0.29) is 0 Å². The molecule has 0 atom stereocenters. The molecule has 1 nitrogen and oxygen atoms in total. The van der Waals surface area contributed by atoms with Gasteiger partial charge in [-0.1, -0.05) is 45.8 Å². The SMILES string of the molecule is CC.CCCC1=CCCN(CC)C1. The molecule has 1 aliphatic heterocycles. The third-order valence-corrected chi connectivity index (χ3v) is 2.32. The Balaban J connectivity index is 0.000000671. The molecule has 1 rings (SSSR count). The van der Waals surface area contributed by atoms with Gasteiger partial charge in [0.2, 0.25) is 0 Å². The molecule has 0 bridgehead atoms. The molecule has 1 heteroatoms. The van der Waals surface area contributed by atoms with Crippen molar-refractivity contribution in [3.8, 4) is 0 Å². The minimum Gasteiger partial charge on any atom is -0.299 e.